The van der Waals surface area contributed by atoms with E-state index in [1.165, 1.54) is 27.9 Å². The fourth-order valence-electron chi connectivity index (χ4n) is 3.87. The number of hydrogen-bond acceptors (Lipinski definition) is 3. The summed E-state index contributed by atoms with van der Waals surface area (Å²) in [6.45, 7) is 3.08. The zero-order valence-corrected chi connectivity index (χ0v) is 16.6. The van der Waals surface area contributed by atoms with Crippen LogP contribution in [0.25, 0.3) is 11.1 Å². The Hall–Kier alpha value is -3.08. The predicted octanol–water partition coefficient (Wildman–Crippen LogP) is 3.59. The van der Waals surface area contributed by atoms with Gasteiger partial charge >= 0.3 is 0 Å². The van der Waals surface area contributed by atoms with Gasteiger partial charge in [-0.15, -0.1) is 0 Å². The lowest BCUT2D eigenvalue weighted by Crippen LogP contribution is -2.34. The van der Waals surface area contributed by atoms with E-state index in [2.05, 4.69) is 36.4 Å². The molecule has 0 N–H and O–H groups in total. The maximum Gasteiger partial charge on any atom is 0.219 e. The first-order chi connectivity index (χ1) is 13.5. The largest absolute Gasteiger partial charge is 0.497 e. The number of benzene rings is 2. The van der Waals surface area contributed by atoms with Crippen LogP contribution in [0.2, 0.25) is 0 Å². The minimum absolute atomic E-state index is 0.129. The van der Waals surface area contributed by atoms with E-state index in [0.29, 0.717) is 6.54 Å². The number of aromatic nitrogens is 2. The molecule has 1 aromatic heterocycles. The first kappa shape index (κ1) is 18.3. The van der Waals surface area contributed by atoms with E-state index < -0.39 is 0 Å². The molecular weight excluding hydrogens is 350 g/mol. The highest BCUT2D eigenvalue weighted by molar-refractivity contribution is 5.73. The van der Waals surface area contributed by atoms with Gasteiger partial charge in [0.25, 0.3) is 0 Å². The third-order valence-electron chi connectivity index (χ3n) is 5.52. The molecule has 0 bridgehead atoms. The molecule has 2 heterocycles. The molecule has 0 unspecified atom stereocenters. The molecule has 1 amide bonds. The molecule has 0 radical (unpaired) electrons. The summed E-state index contributed by atoms with van der Waals surface area (Å²) in [4.78, 5) is 13.7. The number of ether oxygens (including phenoxy) is 1. The molecule has 0 saturated carbocycles. The lowest BCUT2D eigenvalue weighted by atomic mass is 9.99. The van der Waals surface area contributed by atoms with E-state index in [4.69, 9.17) is 9.84 Å². The zero-order valence-electron chi connectivity index (χ0n) is 16.6. The first-order valence-corrected chi connectivity index (χ1v) is 9.57. The summed E-state index contributed by atoms with van der Waals surface area (Å²) in [5.74, 6) is 0.990. The standard InChI is InChI=1S/C23H25N3O2/c1-16(27)26-13-12-23-21(15-26)22(24-25(23)2)14-17-4-6-18(7-5-17)19-8-10-20(28-3)11-9-19/h4-11H,12-15H2,1-3H3. The van der Waals surface area contributed by atoms with Gasteiger partial charge < -0.3 is 9.64 Å². The molecule has 0 spiro atoms. The quantitative estimate of drug-likeness (QED) is 0.700. The van der Waals surface area contributed by atoms with Gasteiger partial charge in [0.05, 0.1) is 12.8 Å². The van der Waals surface area contributed by atoms with Crippen molar-refractivity contribution in [1.29, 1.82) is 0 Å². The van der Waals surface area contributed by atoms with Crippen LogP contribution >= 0.6 is 0 Å². The summed E-state index contributed by atoms with van der Waals surface area (Å²) in [6.07, 6.45) is 1.65. The molecule has 0 fully saturated rings. The van der Waals surface area contributed by atoms with E-state index in [0.717, 1.165) is 30.8 Å². The van der Waals surface area contributed by atoms with Crippen molar-refractivity contribution >= 4 is 5.91 Å². The van der Waals surface area contributed by atoms with Crippen molar-refractivity contribution in [3.05, 3.63) is 71.0 Å². The average Bonchev–Trinajstić information content (AvgIpc) is 3.03. The Kier molecular flexibility index (Phi) is 4.90. The van der Waals surface area contributed by atoms with Gasteiger partial charge in [-0.2, -0.15) is 5.10 Å². The van der Waals surface area contributed by atoms with E-state index in [9.17, 15) is 4.79 Å². The number of nitrogens with zero attached hydrogens (tertiary/aromatic N) is 3. The van der Waals surface area contributed by atoms with Crippen LogP contribution in [0.15, 0.2) is 48.5 Å². The van der Waals surface area contributed by atoms with Gasteiger partial charge in [-0.05, 0) is 28.8 Å². The SMILES string of the molecule is COc1ccc(-c2ccc(Cc3nn(C)c4c3CN(C(C)=O)CC4)cc2)cc1. The lowest BCUT2D eigenvalue weighted by Gasteiger charge is -2.26. The van der Waals surface area contributed by atoms with Crippen molar-refractivity contribution in [3.63, 3.8) is 0 Å². The fraction of sp³-hybridized carbons (Fsp3) is 0.304. The van der Waals surface area contributed by atoms with Crippen LogP contribution in [-0.4, -0.2) is 34.2 Å². The summed E-state index contributed by atoms with van der Waals surface area (Å²) in [5.41, 5.74) is 7.10. The molecular formula is C23H25N3O2. The van der Waals surface area contributed by atoms with Gasteiger partial charge in [0, 0.05) is 51.2 Å². The topological polar surface area (TPSA) is 47.4 Å². The normalized spacial score (nSPS) is 13.3. The average molecular weight is 375 g/mol. The molecule has 1 aliphatic heterocycles. The number of hydrogen-bond donors (Lipinski definition) is 0. The van der Waals surface area contributed by atoms with Crippen molar-refractivity contribution in [2.24, 2.45) is 7.05 Å². The number of aryl methyl sites for hydroxylation is 1. The monoisotopic (exact) mass is 375 g/mol. The molecule has 144 valence electrons. The molecule has 5 nitrogen and oxygen atoms in total. The summed E-state index contributed by atoms with van der Waals surface area (Å²) < 4.78 is 7.21. The van der Waals surface area contributed by atoms with Gasteiger partial charge in [-0.3, -0.25) is 9.48 Å². The fourth-order valence-corrected chi connectivity index (χ4v) is 3.87. The number of amides is 1. The zero-order chi connectivity index (χ0) is 19.7. The molecule has 28 heavy (non-hydrogen) atoms. The summed E-state index contributed by atoms with van der Waals surface area (Å²) in [6, 6.07) is 16.7. The maximum absolute atomic E-state index is 11.8. The van der Waals surface area contributed by atoms with Crippen LogP contribution in [0.3, 0.4) is 0 Å². The van der Waals surface area contributed by atoms with Crippen LogP contribution in [0.4, 0.5) is 0 Å². The number of rotatable bonds is 4. The van der Waals surface area contributed by atoms with E-state index in [-0.39, 0.29) is 5.91 Å². The predicted molar refractivity (Wildman–Crippen MR) is 109 cm³/mol. The Morgan fingerprint density at radius 1 is 1.07 bits per heavy atom. The smallest absolute Gasteiger partial charge is 0.219 e. The van der Waals surface area contributed by atoms with Gasteiger partial charge in [0.15, 0.2) is 0 Å². The van der Waals surface area contributed by atoms with Crippen molar-refractivity contribution in [2.45, 2.75) is 26.3 Å². The minimum Gasteiger partial charge on any atom is -0.497 e. The van der Waals surface area contributed by atoms with Gasteiger partial charge in [-0.1, -0.05) is 36.4 Å². The molecule has 0 saturated heterocycles. The molecule has 3 aromatic rings. The Morgan fingerprint density at radius 3 is 2.32 bits per heavy atom. The van der Waals surface area contributed by atoms with Crippen molar-refractivity contribution in [2.75, 3.05) is 13.7 Å². The van der Waals surface area contributed by atoms with Gasteiger partial charge in [0.2, 0.25) is 5.91 Å². The van der Waals surface area contributed by atoms with Crippen molar-refractivity contribution < 1.29 is 9.53 Å². The van der Waals surface area contributed by atoms with E-state index >= 15 is 0 Å². The van der Waals surface area contributed by atoms with Crippen LogP contribution in [-0.2, 0) is 31.2 Å². The molecule has 5 heteroatoms. The lowest BCUT2D eigenvalue weighted by molar-refractivity contribution is -0.129. The second-order valence-corrected chi connectivity index (χ2v) is 7.29. The summed E-state index contributed by atoms with van der Waals surface area (Å²) >= 11 is 0. The van der Waals surface area contributed by atoms with Crippen molar-refractivity contribution in [1.82, 2.24) is 14.7 Å². The van der Waals surface area contributed by atoms with Crippen molar-refractivity contribution in [3.8, 4) is 16.9 Å². The highest BCUT2D eigenvalue weighted by Gasteiger charge is 2.25. The second kappa shape index (κ2) is 7.50. The number of carbonyl (C=O) groups excluding carboxylic acids is 1. The molecule has 2 aromatic carbocycles. The summed E-state index contributed by atoms with van der Waals surface area (Å²) in [7, 11) is 3.67. The Labute approximate surface area is 165 Å². The van der Waals surface area contributed by atoms with E-state index in [1.54, 1.807) is 14.0 Å². The van der Waals surface area contributed by atoms with Crippen LogP contribution in [0, 0.1) is 0 Å². The molecule has 1 aliphatic rings. The van der Waals surface area contributed by atoms with Crippen LogP contribution < -0.4 is 4.74 Å². The number of methoxy groups -OCH3 is 1. The highest BCUT2D eigenvalue weighted by Crippen LogP contribution is 2.26. The summed E-state index contributed by atoms with van der Waals surface area (Å²) in [5, 5.41) is 4.75. The van der Waals surface area contributed by atoms with Gasteiger partial charge in [-0.25, -0.2) is 0 Å². The number of carbonyl (C=O) groups is 1. The highest BCUT2D eigenvalue weighted by atomic mass is 16.5. The third kappa shape index (κ3) is 3.52. The number of fused-ring (bicyclic) bond motifs is 1. The Bertz CT molecular complexity index is 988. The first-order valence-electron chi connectivity index (χ1n) is 9.57. The molecule has 0 aliphatic carbocycles. The Balaban J connectivity index is 1.54. The van der Waals surface area contributed by atoms with Gasteiger partial charge in [0.1, 0.15) is 5.75 Å². The van der Waals surface area contributed by atoms with Crippen LogP contribution in [0.5, 0.6) is 5.75 Å². The Morgan fingerprint density at radius 2 is 1.71 bits per heavy atom. The van der Waals surface area contributed by atoms with Crippen LogP contribution in [0.1, 0.15) is 29.4 Å². The second-order valence-electron chi connectivity index (χ2n) is 7.29. The minimum atomic E-state index is 0.129. The third-order valence-corrected chi connectivity index (χ3v) is 5.52. The maximum atomic E-state index is 11.8. The molecule has 4 rings (SSSR count). The van der Waals surface area contributed by atoms with E-state index in [1.807, 2.05) is 28.8 Å². The molecule has 0 atom stereocenters.